The maximum atomic E-state index is 12.9. The summed E-state index contributed by atoms with van der Waals surface area (Å²) in [5, 5.41) is 3.73. The zero-order chi connectivity index (χ0) is 26.6. The smallest absolute Gasteiger partial charge is 0.235 e. The second-order valence-corrected chi connectivity index (χ2v) is 11.0. The molecule has 1 fully saturated rings. The number of ether oxygens (including phenoxy) is 1. The van der Waals surface area contributed by atoms with E-state index in [1.165, 1.54) is 0 Å². The zero-order valence-electron chi connectivity index (χ0n) is 22.6. The molecule has 2 unspecified atom stereocenters. The lowest BCUT2D eigenvalue weighted by atomic mass is 9.73. The molecule has 1 aromatic carbocycles. The Morgan fingerprint density at radius 3 is 2.70 bits per heavy atom. The molecule has 1 spiro atoms. The van der Waals surface area contributed by atoms with Crippen LogP contribution in [-0.2, 0) is 10.2 Å². The number of hydrogen-bond donors (Lipinski definition) is 1. The summed E-state index contributed by atoms with van der Waals surface area (Å²) in [5.74, 6) is 1.75. The van der Waals surface area contributed by atoms with Gasteiger partial charge in [-0.15, -0.1) is 0 Å². The third kappa shape index (κ3) is 5.94. The number of nitrogens with one attached hydrogen (secondary N) is 1. The fourth-order valence-electron chi connectivity index (χ4n) is 5.15. The molecule has 2 aromatic rings. The van der Waals surface area contributed by atoms with Crippen LogP contribution in [0, 0.1) is 11.8 Å². The summed E-state index contributed by atoms with van der Waals surface area (Å²) >= 11 is 6.25. The molecular formula is C31H40ClN3O2. The van der Waals surface area contributed by atoms with Gasteiger partial charge in [-0.2, -0.15) is 0 Å². The first-order valence-corrected chi connectivity index (χ1v) is 14.0. The Labute approximate surface area is 227 Å². The predicted molar refractivity (Wildman–Crippen MR) is 154 cm³/mol. The number of rotatable bonds is 10. The van der Waals surface area contributed by atoms with Crippen molar-refractivity contribution < 1.29 is 9.53 Å². The van der Waals surface area contributed by atoms with Gasteiger partial charge < -0.3 is 10.1 Å². The van der Waals surface area contributed by atoms with Crippen molar-refractivity contribution >= 4 is 34.8 Å². The highest BCUT2D eigenvalue weighted by Gasteiger charge is 2.48. The Morgan fingerprint density at radius 1 is 1.24 bits per heavy atom. The molecule has 2 aliphatic rings. The van der Waals surface area contributed by atoms with E-state index in [-0.39, 0.29) is 5.91 Å². The minimum Gasteiger partial charge on any atom is -0.491 e. The highest BCUT2D eigenvalue weighted by atomic mass is 35.5. The summed E-state index contributed by atoms with van der Waals surface area (Å²) in [6, 6.07) is 7.78. The molecule has 6 heteroatoms. The number of piperidine rings is 1. The Morgan fingerprint density at radius 2 is 2.00 bits per heavy atom. The van der Waals surface area contributed by atoms with Crippen molar-refractivity contribution in [2.45, 2.75) is 58.8 Å². The minimum atomic E-state index is -0.466. The Bertz CT molecular complexity index is 1170. The summed E-state index contributed by atoms with van der Waals surface area (Å²) in [6.07, 6.45) is 9.91. The Balaban J connectivity index is 1.37. The second kappa shape index (κ2) is 11.8. The Kier molecular flexibility index (Phi) is 8.76. The molecule has 37 heavy (non-hydrogen) atoms. The number of allylic oxidation sites excluding steroid dienone is 2. The lowest BCUT2D eigenvalue weighted by molar-refractivity contribution is -0.122. The number of halogens is 1. The number of fused-ring (bicyclic) bond motifs is 2. The molecule has 2 aliphatic heterocycles. The van der Waals surface area contributed by atoms with E-state index in [1.807, 2.05) is 24.4 Å². The van der Waals surface area contributed by atoms with E-state index in [4.69, 9.17) is 21.3 Å². The van der Waals surface area contributed by atoms with Crippen LogP contribution < -0.4 is 10.1 Å². The van der Waals surface area contributed by atoms with E-state index >= 15 is 0 Å². The first-order chi connectivity index (χ1) is 17.8. The summed E-state index contributed by atoms with van der Waals surface area (Å²) in [5.41, 5.74) is 4.57. The number of nitrogens with zero attached hydrogens (tertiary/aromatic N) is 2. The first kappa shape index (κ1) is 27.4. The molecule has 1 amide bonds. The maximum absolute atomic E-state index is 12.9. The number of amides is 1. The van der Waals surface area contributed by atoms with Crippen molar-refractivity contribution in [1.29, 1.82) is 0 Å². The van der Waals surface area contributed by atoms with Gasteiger partial charge in [0.25, 0.3) is 0 Å². The minimum absolute atomic E-state index is 0.101. The summed E-state index contributed by atoms with van der Waals surface area (Å²) in [7, 11) is 0. The van der Waals surface area contributed by atoms with Crippen molar-refractivity contribution in [2.24, 2.45) is 11.8 Å². The largest absolute Gasteiger partial charge is 0.491 e. The van der Waals surface area contributed by atoms with Crippen LogP contribution >= 0.6 is 11.6 Å². The van der Waals surface area contributed by atoms with Crippen LogP contribution in [0.1, 0.15) is 70.2 Å². The number of pyridine rings is 1. The van der Waals surface area contributed by atoms with Crippen molar-refractivity contribution in [3.8, 4) is 5.75 Å². The quantitative estimate of drug-likeness (QED) is 0.358. The van der Waals surface area contributed by atoms with Crippen LogP contribution in [0.2, 0.25) is 5.02 Å². The van der Waals surface area contributed by atoms with Gasteiger partial charge in [0.05, 0.1) is 17.3 Å². The average Bonchev–Trinajstić information content (AvgIpc) is 3.17. The molecule has 5 nitrogen and oxygen atoms in total. The van der Waals surface area contributed by atoms with Gasteiger partial charge in [-0.25, -0.2) is 0 Å². The topological polar surface area (TPSA) is 54.5 Å². The van der Waals surface area contributed by atoms with Gasteiger partial charge in [-0.05, 0) is 79.6 Å². The number of aromatic nitrogens is 1. The third-order valence-corrected chi connectivity index (χ3v) is 8.45. The SMILES string of the molecule is C=C(c1ncc(OCCN2CCC3(CC2)C(=O)Nc2ccc(Cl)cc23)cc1/C=C\C(C)CC)C(C)CC. The Hall–Kier alpha value is -2.63. The number of likely N-dealkylation sites (tertiary alicyclic amines) is 1. The molecule has 198 valence electrons. The lowest BCUT2D eigenvalue weighted by Gasteiger charge is -2.37. The van der Waals surface area contributed by atoms with Crippen molar-refractivity contribution in [1.82, 2.24) is 9.88 Å². The van der Waals surface area contributed by atoms with Gasteiger partial charge in [0.15, 0.2) is 0 Å². The van der Waals surface area contributed by atoms with Crippen molar-refractivity contribution in [3.63, 3.8) is 0 Å². The van der Waals surface area contributed by atoms with Crippen LogP contribution in [0.4, 0.5) is 5.69 Å². The van der Waals surface area contributed by atoms with E-state index in [0.717, 1.165) is 79.1 Å². The van der Waals surface area contributed by atoms with Gasteiger partial charge in [-0.3, -0.25) is 14.7 Å². The number of hydrogen-bond acceptors (Lipinski definition) is 4. The van der Waals surface area contributed by atoms with Gasteiger partial charge in [0, 0.05) is 22.8 Å². The van der Waals surface area contributed by atoms with E-state index < -0.39 is 5.41 Å². The highest BCUT2D eigenvalue weighted by Crippen LogP contribution is 2.45. The monoisotopic (exact) mass is 521 g/mol. The molecule has 1 aromatic heterocycles. The molecule has 0 radical (unpaired) electrons. The molecule has 0 bridgehead atoms. The van der Waals surface area contributed by atoms with Gasteiger partial charge in [0.1, 0.15) is 12.4 Å². The summed E-state index contributed by atoms with van der Waals surface area (Å²) in [6.45, 7) is 16.2. The molecular weight excluding hydrogens is 482 g/mol. The molecule has 0 aliphatic carbocycles. The van der Waals surface area contributed by atoms with E-state index in [9.17, 15) is 4.79 Å². The van der Waals surface area contributed by atoms with Gasteiger partial charge >= 0.3 is 0 Å². The molecule has 0 saturated carbocycles. The van der Waals surface area contributed by atoms with Crippen LogP contribution in [0.5, 0.6) is 5.75 Å². The predicted octanol–water partition coefficient (Wildman–Crippen LogP) is 7.22. The fourth-order valence-corrected chi connectivity index (χ4v) is 5.32. The van der Waals surface area contributed by atoms with Crippen LogP contribution in [0.15, 0.2) is 43.1 Å². The first-order valence-electron chi connectivity index (χ1n) is 13.6. The third-order valence-electron chi connectivity index (χ3n) is 8.22. The maximum Gasteiger partial charge on any atom is 0.235 e. The zero-order valence-corrected chi connectivity index (χ0v) is 23.4. The van der Waals surface area contributed by atoms with Crippen molar-refractivity contribution in [3.05, 3.63) is 65.0 Å². The number of carbonyl (C=O) groups excluding carboxylic acids is 1. The van der Waals surface area contributed by atoms with Crippen LogP contribution in [-0.4, -0.2) is 42.0 Å². The summed E-state index contributed by atoms with van der Waals surface area (Å²) < 4.78 is 6.15. The van der Waals surface area contributed by atoms with E-state index in [2.05, 4.69) is 62.7 Å². The normalized spacial score (nSPS) is 18.6. The highest BCUT2D eigenvalue weighted by molar-refractivity contribution is 6.31. The van der Waals surface area contributed by atoms with E-state index in [1.54, 1.807) is 0 Å². The number of benzene rings is 1. The van der Waals surface area contributed by atoms with Crippen LogP contribution in [0.25, 0.3) is 11.6 Å². The second-order valence-electron chi connectivity index (χ2n) is 10.6. The van der Waals surface area contributed by atoms with Crippen molar-refractivity contribution in [2.75, 3.05) is 31.6 Å². The summed E-state index contributed by atoms with van der Waals surface area (Å²) in [4.78, 5) is 20.0. The lowest BCUT2D eigenvalue weighted by Crippen LogP contribution is -2.47. The van der Waals surface area contributed by atoms with E-state index in [0.29, 0.717) is 23.5 Å². The molecule has 4 rings (SSSR count). The number of carbonyl (C=O) groups is 1. The molecule has 3 heterocycles. The van der Waals surface area contributed by atoms with Gasteiger partial charge in [0.2, 0.25) is 5.91 Å². The van der Waals surface area contributed by atoms with Gasteiger partial charge in [-0.1, -0.05) is 64.4 Å². The molecule has 1 saturated heterocycles. The fraction of sp³-hybridized carbons (Fsp3) is 0.484. The average molecular weight is 522 g/mol. The standard InChI is InChI=1S/C31H40ClN3O2/c1-6-21(3)8-9-24-18-26(20-33-29(24)23(5)22(4)7-2)37-17-16-35-14-12-31(13-15-35)27-19-25(32)10-11-28(27)34-30(31)36/h8-11,18-22H,5-7,12-17H2,1-4H3,(H,34,36)/b9-8-. The molecule has 1 N–H and O–H groups in total. The number of anilines is 1. The molecule has 2 atom stereocenters. The van der Waals surface area contributed by atoms with Crippen LogP contribution in [0.3, 0.4) is 0 Å².